The van der Waals surface area contributed by atoms with Crippen molar-refractivity contribution >= 4 is 23.5 Å². The Labute approximate surface area is 279 Å². The quantitative estimate of drug-likeness (QED) is 0.137. The van der Waals surface area contributed by atoms with Gasteiger partial charge in [-0.25, -0.2) is 0 Å². The van der Waals surface area contributed by atoms with Crippen molar-refractivity contribution in [3.05, 3.63) is 0 Å². The minimum absolute atomic E-state index is 0. The Morgan fingerprint density at radius 2 is 1.19 bits per heavy atom. The number of hydrogen-bond acceptors (Lipinski definition) is 16. The van der Waals surface area contributed by atoms with Gasteiger partial charge in [0.25, 0.3) is 0 Å². The summed E-state index contributed by atoms with van der Waals surface area (Å²) in [6.07, 6.45) is 0.538. The fraction of sp³-hybridized carbons (Fsp3) is 0.750. The number of nitrogens with zero attached hydrogens (tertiary/aromatic N) is 8. The largest absolute Gasteiger partial charge is 1.00 e. The maximum atomic E-state index is 9.92. The Morgan fingerprint density at radius 1 is 0.757 bits per heavy atom. The number of methoxy groups -OCH3 is 2. The molecule has 0 aromatic carbocycles. The van der Waals surface area contributed by atoms with E-state index in [1.54, 1.807) is 13.8 Å². The Morgan fingerprint density at radius 3 is 1.62 bits per heavy atom. The molecule has 2 heterocycles. The average molecular weight is 554 g/mol. The molecule has 2 aliphatic heterocycles. The van der Waals surface area contributed by atoms with Gasteiger partial charge in [0.15, 0.2) is 23.1 Å². The fourth-order valence-electron chi connectivity index (χ4n) is 3.37. The van der Waals surface area contributed by atoms with E-state index in [4.69, 9.17) is 20.3 Å². The van der Waals surface area contributed by atoms with E-state index < -0.39 is 16.6 Å². The molecule has 0 radical (unpaired) electrons. The van der Waals surface area contributed by atoms with Crippen molar-refractivity contribution in [1.29, 1.82) is 10.8 Å². The first-order valence-corrected chi connectivity index (χ1v) is 9.52. The molecule has 37 heavy (non-hydrogen) atoms. The molecule has 2 N–H and O–H groups in total. The van der Waals surface area contributed by atoms with Gasteiger partial charge in [-0.05, 0) is 27.2 Å². The number of amidine groups is 2. The summed E-state index contributed by atoms with van der Waals surface area (Å²) in [6.45, 7) is 6.63. The molecule has 2 aliphatic rings. The van der Waals surface area contributed by atoms with E-state index in [2.05, 4.69) is 56.1 Å². The monoisotopic (exact) mass is 554 g/mol. The molecule has 0 fully saturated rings. The Bertz CT molecular complexity index is 908. The fourth-order valence-corrected chi connectivity index (χ4v) is 3.37. The SMILES string of the molecule is COC1=NC(=N)C(C)(N=NO[O-])CC1(C)N=NO[O-].COC1=NC(=N)C(C)(N=NO[O-])CC1C.[Na+].[Na+].[Na+]. The second-order valence-corrected chi connectivity index (χ2v) is 7.84. The van der Waals surface area contributed by atoms with Gasteiger partial charge in [-0.1, -0.05) is 6.92 Å². The van der Waals surface area contributed by atoms with E-state index in [9.17, 15) is 15.8 Å². The van der Waals surface area contributed by atoms with Crippen LogP contribution in [0.4, 0.5) is 0 Å². The van der Waals surface area contributed by atoms with Crippen molar-refractivity contribution in [2.45, 2.75) is 57.2 Å². The molecule has 0 amide bonds. The molecule has 2 rings (SSSR count). The summed E-state index contributed by atoms with van der Waals surface area (Å²) < 4.78 is 10.0. The van der Waals surface area contributed by atoms with Crippen LogP contribution in [0.1, 0.15) is 40.5 Å². The van der Waals surface area contributed by atoms with Gasteiger partial charge >= 0.3 is 88.7 Å². The summed E-state index contributed by atoms with van der Waals surface area (Å²) >= 11 is 0. The summed E-state index contributed by atoms with van der Waals surface area (Å²) in [5.41, 5.74) is -3.35. The van der Waals surface area contributed by atoms with Crippen LogP contribution in [-0.4, -0.2) is 54.3 Å². The normalized spacial score (nSPS) is 29.1. The average Bonchev–Trinajstić information content (AvgIpc) is 2.80. The van der Waals surface area contributed by atoms with Gasteiger partial charge in [-0.15, -0.1) is 15.3 Å². The second kappa shape index (κ2) is 18.6. The number of nitrogens with one attached hydrogen (secondary N) is 2. The van der Waals surface area contributed by atoms with Crippen LogP contribution in [0.3, 0.4) is 0 Å². The van der Waals surface area contributed by atoms with Crippen molar-refractivity contribution in [2.75, 3.05) is 14.2 Å². The topological polar surface area (TPSA) is 262 Å². The van der Waals surface area contributed by atoms with Gasteiger partial charge < -0.3 is 40.2 Å². The first-order chi connectivity index (χ1) is 15.9. The number of rotatable bonds is 6. The zero-order valence-corrected chi connectivity index (χ0v) is 28.3. The van der Waals surface area contributed by atoms with Gasteiger partial charge in [-0.3, -0.25) is 10.8 Å². The molecule has 0 aromatic heterocycles. The number of hydrogen-bond donors (Lipinski definition) is 2. The van der Waals surface area contributed by atoms with Crippen LogP contribution in [0.5, 0.6) is 0 Å². The Kier molecular flexibility index (Phi) is 20.5. The third-order valence-electron chi connectivity index (χ3n) is 5.02. The molecule has 190 valence electrons. The Hall–Kier alpha value is -0.640. The van der Waals surface area contributed by atoms with Crippen LogP contribution in [0, 0.1) is 16.7 Å². The van der Waals surface area contributed by atoms with Crippen molar-refractivity contribution in [1.82, 2.24) is 0 Å². The molecular weight excluding hydrogens is 529 g/mol. The van der Waals surface area contributed by atoms with Gasteiger partial charge in [0.05, 0.1) is 14.2 Å². The van der Waals surface area contributed by atoms with E-state index >= 15 is 0 Å². The van der Waals surface area contributed by atoms with Gasteiger partial charge in [-0.2, -0.15) is 9.98 Å². The van der Waals surface area contributed by atoms with Crippen LogP contribution in [0.25, 0.3) is 0 Å². The summed E-state index contributed by atoms with van der Waals surface area (Å²) in [4.78, 5) is 17.7. The Balaban J connectivity index is -0.000000591. The van der Waals surface area contributed by atoms with Crippen LogP contribution >= 0.6 is 0 Å². The van der Waals surface area contributed by atoms with Crippen molar-refractivity contribution in [2.24, 2.45) is 47.1 Å². The third-order valence-corrected chi connectivity index (χ3v) is 5.02. The van der Waals surface area contributed by atoms with E-state index in [-0.39, 0.29) is 119 Å². The smallest absolute Gasteiger partial charge is 0.636 e. The molecule has 0 aromatic rings. The molecule has 0 saturated heterocycles. The first kappa shape index (κ1) is 40.9. The summed E-state index contributed by atoms with van der Waals surface area (Å²) in [6, 6.07) is 0. The third kappa shape index (κ3) is 11.2. The summed E-state index contributed by atoms with van der Waals surface area (Å²) in [5, 5.41) is 64.5. The van der Waals surface area contributed by atoms with Crippen molar-refractivity contribution in [3.8, 4) is 0 Å². The minimum atomic E-state index is -1.26. The van der Waals surface area contributed by atoms with Crippen LogP contribution in [0.2, 0.25) is 0 Å². The van der Waals surface area contributed by atoms with E-state index in [1.165, 1.54) is 21.1 Å². The molecule has 4 unspecified atom stereocenters. The summed E-state index contributed by atoms with van der Waals surface area (Å²) in [7, 11) is 2.84. The van der Waals surface area contributed by atoms with Crippen LogP contribution in [-0.2, 0) is 24.4 Å². The molecule has 0 aliphatic carbocycles. The van der Waals surface area contributed by atoms with Crippen LogP contribution < -0.4 is 104 Å². The molecule has 0 spiro atoms. The molecule has 18 nitrogen and oxygen atoms in total. The predicted octanol–water partition coefficient (Wildman–Crippen LogP) is -9.27. The number of ether oxygens (including phenoxy) is 2. The maximum Gasteiger partial charge on any atom is 1.00 e. The van der Waals surface area contributed by atoms with Gasteiger partial charge in [0.1, 0.15) is 11.1 Å². The van der Waals surface area contributed by atoms with Crippen molar-refractivity contribution < 1.29 is 129 Å². The van der Waals surface area contributed by atoms with E-state index in [0.717, 1.165) is 0 Å². The molecule has 0 saturated carbocycles. The van der Waals surface area contributed by atoms with Crippen molar-refractivity contribution in [3.63, 3.8) is 0 Å². The first-order valence-electron chi connectivity index (χ1n) is 9.52. The maximum absolute atomic E-state index is 9.92. The second-order valence-electron chi connectivity index (χ2n) is 7.84. The predicted molar refractivity (Wildman–Crippen MR) is 106 cm³/mol. The molecule has 21 heteroatoms. The molecule has 0 bridgehead atoms. The molecule has 4 atom stereocenters. The zero-order chi connectivity index (χ0) is 26.0. The standard InChI is InChI=1S/C8H14N6O5.C8H14N4O3.3Na/c1-7(11-13-18-15)4-8(2,12-14-19-16)6(17-3)10-5(7)9;1-5-4-8(2,11-12-15-13)7(9)10-6(5)14-3;;;/h9,15-16H,4H2,1-3H3;5,9,13H,4H2,1-3H3;;;/q;;3*+1/p-3. The molecular formula is C16H25N10Na3O8. The van der Waals surface area contributed by atoms with Gasteiger partial charge in [0.2, 0.25) is 5.90 Å². The summed E-state index contributed by atoms with van der Waals surface area (Å²) in [5.74, 6) is 0.406. The van der Waals surface area contributed by atoms with Crippen LogP contribution in [0.15, 0.2) is 41.2 Å². The minimum Gasteiger partial charge on any atom is -0.636 e. The zero-order valence-electron chi connectivity index (χ0n) is 22.3. The van der Waals surface area contributed by atoms with E-state index in [1.807, 2.05) is 6.92 Å². The number of aliphatic imine (C=N–C) groups is 2. The van der Waals surface area contributed by atoms with Gasteiger partial charge in [0, 0.05) is 28.2 Å². The van der Waals surface area contributed by atoms with E-state index in [0.29, 0.717) is 12.3 Å².